The van der Waals surface area contributed by atoms with Crippen molar-refractivity contribution in [2.45, 2.75) is 26.0 Å². The van der Waals surface area contributed by atoms with Crippen LogP contribution < -0.4 is 5.32 Å². The van der Waals surface area contributed by atoms with E-state index < -0.39 is 12.4 Å². The third-order valence-corrected chi connectivity index (χ3v) is 3.32. The van der Waals surface area contributed by atoms with E-state index in [-0.39, 0.29) is 22.8 Å². The maximum Gasteiger partial charge on any atom is 0.327 e. The largest absolute Gasteiger partial charge is 0.392 e. The fourth-order valence-corrected chi connectivity index (χ4v) is 2.44. The Balaban J connectivity index is 2.20. The number of fused-ring (bicyclic) bond motifs is 3. The van der Waals surface area contributed by atoms with Crippen LogP contribution in [0.15, 0.2) is 17.1 Å². The number of aliphatic hydroxyl groups is 1. The Morgan fingerprint density at radius 2 is 2.26 bits per heavy atom. The van der Waals surface area contributed by atoms with Crippen LogP contribution in [0.1, 0.15) is 25.0 Å². The van der Waals surface area contributed by atoms with Crippen molar-refractivity contribution < 1.29 is 14.3 Å². The predicted molar refractivity (Wildman–Crippen MR) is 68.7 cm³/mol. The molecule has 1 aromatic rings. The number of anilines is 1. The smallest absolute Gasteiger partial charge is 0.327 e. The van der Waals surface area contributed by atoms with Gasteiger partial charge in [0.15, 0.2) is 5.82 Å². The summed E-state index contributed by atoms with van der Waals surface area (Å²) in [6.45, 7) is 3.90. The van der Waals surface area contributed by atoms with Crippen LogP contribution >= 0.6 is 0 Å². The Morgan fingerprint density at radius 1 is 1.53 bits per heavy atom. The number of amidine groups is 1. The maximum atomic E-state index is 14.1. The SMILES string of the molecule is CC1(C)CN2C(=O)Nc3c(ccc(CO)c3F)C2=N1. The molecule has 0 bridgehead atoms. The molecule has 0 aromatic heterocycles. The average Bonchev–Trinajstić information content (AvgIpc) is 2.67. The quantitative estimate of drug-likeness (QED) is 0.810. The zero-order chi connectivity index (χ0) is 13.8. The van der Waals surface area contributed by atoms with E-state index in [0.717, 1.165) is 0 Å². The third-order valence-electron chi connectivity index (χ3n) is 3.32. The summed E-state index contributed by atoms with van der Waals surface area (Å²) in [5.41, 5.74) is 0.440. The van der Waals surface area contributed by atoms with E-state index in [1.54, 1.807) is 6.07 Å². The van der Waals surface area contributed by atoms with Gasteiger partial charge in [0.2, 0.25) is 0 Å². The number of hydrogen-bond acceptors (Lipinski definition) is 3. The zero-order valence-electron chi connectivity index (χ0n) is 10.7. The maximum absolute atomic E-state index is 14.1. The van der Waals surface area contributed by atoms with Gasteiger partial charge in [-0.3, -0.25) is 9.89 Å². The Hall–Kier alpha value is -1.95. The molecule has 6 heteroatoms. The molecule has 3 rings (SSSR count). The average molecular weight is 263 g/mol. The first-order chi connectivity index (χ1) is 8.93. The monoisotopic (exact) mass is 263 g/mol. The fraction of sp³-hybridized carbons (Fsp3) is 0.385. The molecule has 19 heavy (non-hydrogen) atoms. The second-order valence-corrected chi connectivity index (χ2v) is 5.38. The molecule has 2 aliphatic rings. The molecule has 1 aromatic carbocycles. The van der Waals surface area contributed by atoms with Crippen LogP contribution in [0.2, 0.25) is 0 Å². The first-order valence-electron chi connectivity index (χ1n) is 6.04. The highest BCUT2D eigenvalue weighted by Gasteiger charge is 2.40. The van der Waals surface area contributed by atoms with Gasteiger partial charge in [0.1, 0.15) is 5.84 Å². The van der Waals surface area contributed by atoms with Crippen molar-refractivity contribution >= 4 is 17.6 Å². The molecular weight excluding hydrogens is 249 g/mol. The molecule has 0 radical (unpaired) electrons. The number of carbonyl (C=O) groups is 1. The highest BCUT2D eigenvalue weighted by molar-refractivity contribution is 6.19. The Kier molecular flexibility index (Phi) is 2.40. The Labute approximate surface area is 109 Å². The van der Waals surface area contributed by atoms with Gasteiger partial charge in [-0.05, 0) is 19.9 Å². The van der Waals surface area contributed by atoms with E-state index in [2.05, 4.69) is 10.3 Å². The molecule has 0 spiro atoms. The summed E-state index contributed by atoms with van der Waals surface area (Å²) >= 11 is 0. The lowest BCUT2D eigenvalue weighted by Crippen LogP contribution is -2.44. The molecule has 0 saturated heterocycles. The van der Waals surface area contributed by atoms with Crippen LogP contribution in [-0.2, 0) is 6.61 Å². The van der Waals surface area contributed by atoms with Crippen molar-refractivity contribution in [1.82, 2.24) is 4.90 Å². The number of carbonyl (C=O) groups excluding carboxylic acids is 1. The first kappa shape index (κ1) is 12.1. The normalized spacial score (nSPS) is 19.7. The van der Waals surface area contributed by atoms with Crippen LogP contribution in [0.4, 0.5) is 14.9 Å². The number of aliphatic hydroxyl groups excluding tert-OH is 1. The van der Waals surface area contributed by atoms with Crippen molar-refractivity contribution in [1.29, 1.82) is 0 Å². The highest BCUT2D eigenvalue weighted by atomic mass is 19.1. The number of rotatable bonds is 1. The minimum Gasteiger partial charge on any atom is -0.392 e. The van der Waals surface area contributed by atoms with Gasteiger partial charge in [-0.1, -0.05) is 6.07 Å². The summed E-state index contributed by atoms with van der Waals surface area (Å²) in [4.78, 5) is 18.0. The van der Waals surface area contributed by atoms with E-state index in [1.807, 2.05) is 13.8 Å². The number of benzene rings is 1. The molecule has 0 aliphatic carbocycles. The summed E-state index contributed by atoms with van der Waals surface area (Å²) in [5, 5.41) is 11.6. The summed E-state index contributed by atoms with van der Waals surface area (Å²) in [6, 6.07) is 2.81. The minimum atomic E-state index is -0.597. The van der Waals surface area contributed by atoms with Crippen LogP contribution in [0.3, 0.4) is 0 Å². The molecule has 0 atom stereocenters. The van der Waals surface area contributed by atoms with E-state index in [4.69, 9.17) is 5.11 Å². The standard InChI is InChI=1S/C13H14FN3O2/c1-13(2)6-17-11(16-13)8-4-3-7(5-18)9(14)10(8)15-12(17)19/h3-4,18H,5-6H2,1-2H3,(H,15,19). The lowest BCUT2D eigenvalue weighted by atomic mass is 10.0. The lowest BCUT2D eigenvalue weighted by Gasteiger charge is -2.27. The molecule has 5 nitrogen and oxygen atoms in total. The van der Waals surface area contributed by atoms with Gasteiger partial charge in [0.25, 0.3) is 0 Å². The number of nitrogens with zero attached hydrogens (tertiary/aromatic N) is 2. The molecule has 2 aliphatic heterocycles. The highest BCUT2D eigenvalue weighted by Crippen LogP contribution is 2.34. The van der Waals surface area contributed by atoms with Gasteiger partial charge < -0.3 is 10.4 Å². The number of urea groups is 1. The van der Waals surface area contributed by atoms with Gasteiger partial charge in [-0.2, -0.15) is 0 Å². The minimum absolute atomic E-state index is 0.101. The topological polar surface area (TPSA) is 64.9 Å². The second kappa shape index (κ2) is 3.77. The van der Waals surface area contributed by atoms with Crippen molar-refractivity contribution in [2.24, 2.45) is 4.99 Å². The van der Waals surface area contributed by atoms with Crippen molar-refractivity contribution in [3.8, 4) is 0 Å². The summed E-state index contributed by atoms with van der Waals surface area (Å²) in [6.07, 6.45) is 0. The first-order valence-corrected chi connectivity index (χ1v) is 6.04. The number of hydrogen-bond donors (Lipinski definition) is 2. The molecule has 2 N–H and O–H groups in total. The molecular formula is C13H14FN3O2. The fourth-order valence-electron chi connectivity index (χ4n) is 2.44. The molecule has 2 heterocycles. The van der Waals surface area contributed by atoms with Crippen LogP contribution in [0.25, 0.3) is 0 Å². The summed E-state index contributed by atoms with van der Waals surface area (Å²) < 4.78 is 14.1. The van der Waals surface area contributed by atoms with Gasteiger partial charge in [-0.15, -0.1) is 0 Å². The van der Waals surface area contributed by atoms with Crippen LogP contribution in [0, 0.1) is 5.82 Å². The van der Waals surface area contributed by atoms with Crippen LogP contribution in [0.5, 0.6) is 0 Å². The third kappa shape index (κ3) is 1.71. The molecule has 2 amide bonds. The van der Waals surface area contributed by atoms with Gasteiger partial charge >= 0.3 is 6.03 Å². The number of nitrogens with one attached hydrogen (secondary N) is 1. The van der Waals surface area contributed by atoms with Gasteiger partial charge in [0.05, 0.1) is 24.4 Å². The van der Waals surface area contributed by atoms with Gasteiger partial charge in [-0.25, -0.2) is 9.18 Å². The number of amides is 2. The Bertz CT molecular complexity index is 610. The molecule has 100 valence electrons. The van der Waals surface area contributed by atoms with Crippen molar-refractivity contribution in [2.75, 3.05) is 11.9 Å². The summed E-state index contributed by atoms with van der Waals surface area (Å²) in [5.74, 6) is -0.104. The van der Waals surface area contributed by atoms with Gasteiger partial charge in [0, 0.05) is 11.1 Å². The van der Waals surface area contributed by atoms with E-state index in [9.17, 15) is 9.18 Å². The van der Waals surface area contributed by atoms with E-state index in [0.29, 0.717) is 17.9 Å². The van der Waals surface area contributed by atoms with Crippen molar-refractivity contribution in [3.63, 3.8) is 0 Å². The number of halogens is 1. The molecule has 0 fully saturated rings. The zero-order valence-corrected chi connectivity index (χ0v) is 10.7. The van der Waals surface area contributed by atoms with Crippen LogP contribution in [-0.4, -0.2) is 34.0 Å². The predicted octanol–water partition coefficient (Wildman–Crippen LogP) is 1.70. The van der Waals surface area contributed by atoms with E-state index in [1.165, 1.54) is 11.0 Å². The molecule has 0 unspecified atom stereocenters. The summed E-state index contributed by atoms with van der Waals surface area (Å²) in [7, 11) is 0. The van der Waals surface area contributed by atoms with Crippen molar-refractivity contribution in [3.05, 3.63) is 29.1 Å². The Morgan fingerprint density at radius 3 is 2.95 bits per heavy atom. The lowest BCUT2D eigenvalue weighted by molar-refractivity contribution is 0.231. The number of aliphatic imine (C=N–C) groups is 1. The van der Waals surface area contributed by atoms with E-state index >= 15 is 0 Å². The molecule has 0 saturated carbocycles. The second-order valence-electron chi connectivity index (χ2n) is 5.38.